The van der Waals surface area contributed by atoms with Gasteiger partial charge >= 0.3 is 12.2 Å². The second-order valence-electron chi connectivity index (χ2n) is 7.47. The molecule has 2 rings (SSSR count). The van der Waals surface area contributed by atoms with Crippen molar-refractivity contribution in [3.63, 3.8) is 0 Å². The van der Waals surface area contributed by atoms with Crippen LogP contribution in [0.2, 0.25) is 5.02 Å². The van der Waals surface area contributed by atoms with Crippen LogP contribution in [0.25, 0.3) is 0 Å². The molecule has 1 N–H and O–H groups in total. The molecule has 0 aliphatic carbocycles. The fraction of sp³-hybridized carbons (Fsp3) is 0.409. The van der Waals surface area contributed by atoms with Crippen molar-refractivity contribution < 1.29 is 28.6 Å². The van der Waals surface area contributed by atoms with Crippen molar-refractivity contribution in [1.82, 2.24) is 9.91 Å². The Balaban J connectivity index is 2.42. The highest BCUT2D eigenvalue weighted by molar-refractivity contribution is 6.30. The van der Waals surface area contributed by atoms with E-state index in [0.717, 1.165) is 5.01 Å². The van der Waals surface area contributed by atoms with Gasteiger partial charge in [0.05, 0.1) is 30.1 Å². The van der Waals surface area contributed by atoms with Gasteiger partial charge < -0.3 is 19.1 Å². The minimum atomic E-state index is -0.951. The highest BCUT2D eigenvalue weighted by Gasteiger charge is 2.38. The van der Waals surface area contributed by atoms with E-state index < -0.39 is 30.4 Å². The molecular weight excluding hydrogens is 438 g/mol. The zero-order chi connectivity index (χ0) is 24.0. The molecule has 1 aliphatic rings. The molecule has 1 heterocycles. The zero-order valence-electron chi connectivity index (χ0n) is 18.8. The zero-order valence-corrected chi connectivity index (χ0v) is 19.6. The predicted octanol–water partition coefficient (Wildman–Crippen LogP) is 4.71. The van der Waals surface area contributed by atoms with Crippen LogP contribution in [0.5, 0.6) is 0 Å². The number of hydrazine groups is 1. The number of hydrogen-bond acceptors (Lipinski definition) is 7. The summed E-state index contributed by atoms with van der Waals surface area (Å²) in [5.74, 6) is -0.405. The number of hydrogen-bond donors (Lipinski definition) is 1. The molecule has 0 saturated heterocycles. The van der Waals surface area contributed by atoms with E-state index in [0.29, 0.717) is 17.3 Å². The molecular formula is C22H28ClN3O6. The fourth-order valence-electron chi connectivity index (χ4n) is 2.78. The van der Waals surface area contributed by atoms with Crippen molar-refractivity contribution in [1.29, 1.82) is 0 Å². The van der Waals surface area contributed by atoms with Gasteiger partial charge in [0.25, 0.3) is 5.91 Å². The van der Waals surface area contributed by atoms with Gasteiger partial charge in [-0.25, -0.2) is 9.59 Å². The molecule has 9 nitrogen and oxygen atoms in total. The number of halogens is 1. The lowest BCUT2D eigenvalue weighted by Crippen LogP contribution is -2.39. The highest BCUT2D eigenvalue weighted by atomic mass is 35.5. The van der Waals surface area contributed by atoms with Crippen molar-refractivity contribution in [2.24, 2.45) is 0 Å². The Morgan fingerprint density at radius 3 is 2.28 bits per heavy atom. The van der Waals surface area contributed by atoms with Crippen LogP contribution in [0.4, 0.5) is 15.3 Å². The summed E-state index contributed by atoms with van der Waals surface area (Å²) in [6, 6.07) is 6.56. The smallest absolute Gasteiger partial charge is 0.445 e. The lowest BCUT2D eigenvalue weighted by atomic mass is 10.2. The third kappa shape index (κ3) is 6.40. The quantitative estimate of drug-likeness (QED) is 0.438. The molecule has 0 unspecified atom stereocenters. The number of carbonyl (C=O) groups excluding carboxylic acids is 3. The first-order valence-electron chi connectivity index (χ1n) is 10.2. The Labute approximate surface area is 192 Å². The molecule has 1 aromatic carbocycles. The molecule has 0 saturated carbocycles. The summed E-state index contributed by atoms with van der Waals surface area (Å²) < 4.78 is 15.6. The van der Waals surface area contributed by atoms with Crippen LogP contribution < -0.4 is 5.43 Å². The van der Waals surface area contributed by atoms with E-state index in [9.17, 15) is 14.4 Å². The molecule has 0 fully saturated rings. The van der Waals surface area contributed by atoms with Crippen LogP contribution >= 0.6 is 11.6 Å². The number of rotatable bonds is 8. The molecule has 174 valence electrons. The number of carbonyl (C=O) groups is 3. The number of likely N-dealkylation sites (N-methyl/N-ethyl adjacent to an activating group) is 1. The molecule has 0 atom stereocenters. The van der Waals surface area contributed by atoms with Gasteiger partial charge in [-0.05, 0) is 58.9 Å². The van der Waals surface area contributed by atoms with Gasteiger partial charge in [-0.1, -0.05) is 18.2 Å². The third-order valence-corrected chi connectivity index (χ3v) is 4.45. The Bertz CT molecular complexity index is 911. The minimum absolute atomic E-state index is 0.0326. The standard InChI is InChI=1S/C22H28ClN3O6/c1-7-25-12-18(32-22(29)31-14(4)5)19(20(25)27)15(6)26(21(28)30-13(2)3)24-17-10-8-16(23)9-11-17/h8-11,13-14,24H,6-7,12H2,1-5H3. The average Bonchev–Trinajstić information content (AvgIpc) is 3.00. The summed E-state index contributed by atoms with van der Waals surface area (Å²) in [7, 11) is 0. The van der Waals surface area contributed by atoms with E-state index in [2.05, 4.69) is 12.0 Å². The van der Waals surface area contributed by atoms with Crippen molar-refractivity contribution >= 4 is 35.4 Å². The van der Waals surface area contributed by atoms with Crippen molar-refractivity contribution in [2.75, 3.05) is 18.5 Å². The van der Waals surface area contributed by atoms with Crippen LogP contribution in [0.15, 0.2) is 47.9 Å². The van der Waals surface area contributed by atoms with E-state index in [1.165, 1.54) is 4.90 Å². The number of ether oxygens (including phenoxy) is 3. The number of anilines is 1. The Hall–Kier alpha value is -3.20. The van der Waals surface area contributed by atoms with Crippen LogP contribution in [0, 0.1) is 0 Å². The highest BCUT2D eigenvalue weighted by Crippen LogP contribution is 2.29. The average molecular weight is 466 g/mol. The Morgan fingerprint density at radius 1 is 1.16 bits per heavy atom. The van der Waals surface area contributed by atoms with E-state index in [4.69, 9.17) is 25.8 Å². The Kier molecular flexibility index (Phi) is 8.54. The Morgan fingerprint density at radius 2 is 1.75 bits per heavy atom. The fourth-order valence-corrected chi connectivity index (χ4v) is 2.91. The second kappa shape index (κ2) is 10.9. The molecule has 1 aromatic rings. The molecule has 0 bridgehead atoms. The normalized spacial score (nSPS) is 13.5. The molecule has 0 radical (unpaired) electrons. The first-order chi connectivity index (χ1) is 15.0. The minimum Gasteiger partial charge on any atom is -0.445 e. The van der Waals surface area contributed by atoms with Gasteiger partial charge in [-0.2, -0.15) is 5.01 Å². The van der Waals surface area contributed by atoms with Crippen molar-refractivity contribution in [3.8, 4) is 0 Å². The van der Waals surface area contributed by atoms with Gasteiger partial charge in [-0.15, -0.1) is 0 Å². The maximum atomic E-state index is 13.0. The van der Waals surface area contributed by atoms with Crippen molar-refractivity contribution in [2.45, 2.75) is 46.8 Å². The van der Waals surface area contributed by atoms with E-state index in [-0.39, 0.29) is 23.6 Å². The van der Waals surface area contributed by atoms with Crippen LogP contribution in [-0.2, 0) is 19.0 Å². The lowest BCUT2D eigenvalue weighted by Gasteiger charge is -2.27. The molecule has 0 spiro atoms. The van der Waals surface area contributed by atoms with Gasteiger partial charge in [0.1, 0.15) is 11.3 Å². The first-order valence-corrected chi connectivity index (χ1v) is 10.5. The van der Waals surface area contributed by atoms with E-state index >= 15 is 0 Å². The van der Waals surface area contributed by atoms with E-state index in [1.54, 1.807) is 58.9 Å². The predicted molar refractivity (Wildman–Crippen MR) is 120 cm³/mol. The van der Waals surface area contributed by atoms with E-state index in [1.807, 2.05) is 0 Å². The number of benzene rings is 1. The number of amides is 2. The number of nitrogens with zero attached hydrogens (tertiary/aromatic N) is 2. The molecule has 0 aromatic heterocycles. The first kappa shape index (κ1) is 25.1. The van der Waals surface area contributed by atoms with Crippen molar-refractivity contribution in [3.05, 3.63) is 52.9 Å². The van der Waals surface area contributed by atoms with Gasteiger partial charge in [-0.3, -0.25) is 10.2 Å². The molecule has 2 amide bonds. The lowest BCUT2D eigenvalue weighted by molar-refractivity contribution is -0.125. The largest absolute Gasteiger partial charge is 0.513 e. The molecule has 10 heteroatoms. The van der Waals surface area contributed by atoms with Crippen LogP contribution in [0.1, 0.15) is 34.6 Å². The summed E-state index contributed by atoms with van der Waals surface area (Å²) in [6.07, 6.45) is -2.58. The van der Waals surface area contributed by atoms with Gasteiger partial charge in [0.2, 0.25) is 0 Å². The maximum Gasteiger partial charge on any atom is 0.513 e. The summed E-state index contributed by atoms with van der Waals surface area (Å²) >= 11 is 5.93. The third-order valence-electron chi connectivity index (χ3n) is 4.20. The maximum absolute atomic E-state index is 13.0. The summed E-state index contributed by atoms with van der Waals surface area (Å²) in [5, 5.41) is 1.50. The van der Waals surface area contributed by atoms with Gasteiger partial charge in [0, 0.05) is 11.6 Å². The topological polar surface area (TPSA) is 97.4 Å². The molecule has 32 heavy (non-hydrogen) atoms. The van der Waals surface area contributed by atoms with Crippen LogP contribution in [-0.4, -0.2) is 53.4 Å². The van der Waals surface area contributed by atoms with Crippen LogP contribution in [0.3, 0.4) is 0 Å². The summed E-state index contributed by atoms with van der Waals surface area (Å²) in [5.41, 5.74) is 3.29. The monoisotopic (exact) mass is 465 g/mol. The molecule has 1 aliphatic heterocycles. The second-order valence-corrected chi connectivity index (χ2v) is 7.91. The number of nitrogens with one attached hydrogen (secondary N) is 1. The summed E-state index contributed by atoms with van der Waals surface area (Å²) in [4.78, 5) is 39.4. The SMILES string of the molecule is C=C(C1=C(OC(=O)OC(C)C)CN(CC)C1=O)N(Nc1ccc(Cl)cc1)C(=O)OC(C)C. The summed E-state index contributed by atoms with van der Waals surface area (Å²) in [6.45, 7) is 12.8. The van der Waals surface area contributed by atoms with Gasteiger partial charge in [0.15, 0.2) is 0 Å².